The summed E-state index contributed by atoms with van der Waals surface area (Å²) < 4.78 is 1.31. The lowest BCUT2D eigenvalue weighted by molar-refractivity contribution is -0.124. The number of rotatable bonds is 7. The van der Waals surface area contributed by atoms with Crippen LogP contribution in [-0.2, 0) is 11.2 Å². The lowest BCUT2D eigenvalue weighted by Crippen LogP contribution is -2.37. The van der Waals surface area contributed by atoms with Crippen molar-refractivity contribution in [2.75, 3.05) is 6.54 Å². The van der Waals surface area contributed by atoms with Crippen LogP contribution in [0.25, 0.3) is 0 Å². The Labute approximate surface area is 141 Å². The molecule has 1 aromatic carbocycles. The first-order valence-corrected chi connectivity index (χ1v) is 8.56. The highest BCUT2D eigenvalue weighted by atomic mass is 16.2. The SMILES string of the molecule is CC(C(=O)NCCCc1ccccc1)n1nc(C2CC2)ccc1=O. The van der Waals surface area contributed by atoms with Crippen molar-refractivity contribution in [1.29, 1.82) is 0 Å². The van der Waals surface area contributed by atoms with E-state index in [1.165, 1.54) is 16.3 Å². The zero-order valence-corrected chi connectivity index (χ0v) is 13.9. The summed E-state index contributed by atoms with van der Waals surface area (Å²) in [6.07, 6.45) is 4.02. The number of nitrogens with zero attached hydrogens (tertiary/aromatic N) is 2. The number of hydrogen-bond acceptors (Lipinski definition) is 3. The van der Waals surface area contributed by atoms with Gasteiger partial charge in [0.25, 0.3) is 5.56 Å². The molecule has 5 nitrogen and oxygen atoms in total. The van der Waals surface area contributed by atoms with E-state index in [9.17, 15) is 9.59 Å². The second-order valence-electron chi connectivity index (χ2n) is 6.37. The summed E-state index contributed by atoms with van der Waals surface area (Å²) in [7, 11) is 0. The van der Waals surface area contributed by atoms with Crippen molar-refractivity contribution < 1.29 is 4.79 Å². The predicted octanol–water partition coefficient (Wildman–Crippen LogP) is 2.43. The summed E-state index contributed by atoms with van der Waals surface area (Å²) in [5.74, 6) is 0.295. The lowest BCUT2D eigenvalue weighted by atomic mass is 10.1. The molecule has 126 valence electrons. The Morgan fingerprint density at radius 2 is 2.00 bits per heavy atom. The van der Waals surface area contributed by atoms with E-state index in [1.807, 2.05) is 18.2 Å². The van der Waals surface area contributed by atoms with Crippen LogP contribution in [0, 0.1) is 0 Å². The average Bonchev–Trinajstić information content (AvgIpc) is 3.44. The van der Waals surface area contributed by atoms with Crippen LogP contribution in [0.5, 0.6) is 0 Å². The molecule has 1 aliphatic carbocycles. The fraction of sp³-hybridized carbons (Fsp3) is 0.421. The van der Waals surface area contributed by atoms with Crippen molar-refractivity contribution in [3.63, 3.8) is 0 Å². The van der Waals surface area contributed by atoms with E-state index < -0.39 is 6.04 Å². The highest BCUT2D eigenvalue weighted by molar-refractivity contribution is 5.79. The molecule has 1 atom stereocenters. The van der Waals surface area contributed by atoms with Crippen LogP contribution < -0.4 is 10.9 Å². The Hall–Kier alpha value is -2.43. The van der Waals surface area contributed by atoms with E-state index in [4.69, 9.17) is 0 Å². The van der Waals surface area contributed by atoms with E-state index in [0.717, 1.165) is 31.4 Å². The molecular formula is C19H23N3O2. The minimum Gasteiger partial charge on any atom is -0.354 e. The molecule has 24 heavy (non-hydrogen) atoms. The van der Waals surface area contributed by atoms with Gasteiger partial charge in [0.2, 0.25) is 5.91 Å². The van der Waals surface area contributed by atoms with Gasteiger partial charge in [-0.3, -0.25) is 9.59 Å². The molecule has 0 radical (unpaired) electrons. The molecule has 5 heteroatoms. The first kappa shape index (κ1) is 16.4. The average molecular weight is 325 g/mol. The normalized spacial score (nSPS) is 15.0. The summed E-state index contributed by atoms with van der Waals surface area (Å²) in [4.78, 5) is 24.3. The van der Waals surface area contributed by atoms with Crippen LogP contribution in [0.15, 0.2) is 47.3 Å². The largest absolute Gasteiger partial charge is 0.354 e. The molecule has 1 unspecified atom stereocenters. The molecule has 0 spiro atoms. The summed E-state index contributed by atoms with van der Waals surface area (Å²) in [5.41, 5.74) is 1.94. The molecule has 0 saturated heterocycles. The smallest absolute Gasteiger partial charge is 0.267 e. The molecule has 1 saturated carbocycles. The van der Waals surface area contributed by atoms with Gasteiger partial charge in [0.15, 0.2) is 0 Å². The monoisotopic (exact) mass is 325 g/mol. The van der Waals surface area contributed by atoms with E-state index in [2.05, 4.69) is 22.5 Å². The fourth-order valence-corrected chi connectivity index (χ4v) is 2.72. The molecule has 3 rings (SSSR count). The van der Waals surface area contributed by atoms with Gasteiger partial charge in [0, 0.05) is 18.5 Å². The maximum atomic E-state index is 12.3. The third-order valence-corrected chi connectivity index (χ3v) is 4.37. The van der Waals surface area contributed by atoms with Crippen LogP contribution in [0.1, 0.15) is 49.4 Å². The van der Waals surface area contributed by atoms with Gasteiger partial charge in [-0.25, -0.2) is 4.68 Å². The number of amides is 1. The molecule has 1 heterocycles. The van der Waals surface area contributed by atoms with Crippen molar-refractivity contribution in [1.82, 2.24) is 15.1 Å². The second-order valence-corrected chi connectivity index (χ2v) is 6.37. The fourth-order valence-electron chi connectivity index (χ4n) is 2.72. The number of hydrogen-bond donors (Lipinski definition) is 1. The molecule has 0 aliphatic heterocycles. The van der Waals surface area contributed by atoms with Crippen LogP contribution in [0.2, 0.25) is 0 Å². The minimum absolute atomic E-state index is 0.161. The molecule has 1 amide bonds. The Balaban J connectivity index is 1.53. The molecule has 1 N–H and O–H groups in total. The predicted molar refractivity (Wildman–Crippen MR) is 93.0 cm³/mol. The number of aryl methyl sites for hydroxylation is 1. The zero-order valence-electron chi connectivity index (χ0n) is 13.9. The Morgan fingerprint density at radius 1 is 1.25 bits per heavy atom. The van der Waals surface area contributed by atoms with Crippen LogP contribution in [-0.4, -0.2) is 22.2 Å². The van der Waals surface area contributed by atoms with Gasteiger partial charge >= 0.3 is 0 Å². The van der Waals surface area contributed by atoms with Gasteiger partial charge < -0.3 is 5.32 Å². The van der Waals surface area contributed by atoms with Gasteiger partial charge in [0.1, 0.15) is 6.04 Å². The van der Waals surface area contributed by atoms with E-state index in [0.29, 0.717) is 12.5 Å². The molecule has 1 aliphatic rings. The standard InChI is InChI=1S/C19H23N3O2/c1-14(22-18(23)12-11-17(21-22)16-9-10-16)19(24)20-13-5-8-15-6-3-2-4-7-15/h2-4,6-7,11-12,14,16H,5,8-10,13H2,1H3,(H,20,24). The van der Waals surface area contributed by atoms with Gasteiger partial charge in [-0.1, -0.05) is 30.3 Å². The van der Waals surface area contributed by atoms with Crippen LogP contribution >= 0.6 is 0 Å². The van der Waals surface area contributed by atoms with Crippen molar-refractivity contribution in [3.05, 3.63) is 64.1 Å². The number of nitrogens with one attached hydrogen (secondary N) is 1. The highest BCUT2D eigenvalue weighted by Crippen LogP contribution is 2.38. The van der Waals surface area contributed by atoms with Crippen LogP contribution in [0.4, 0.5) is 0 Å². The molecular weight excluding hydrogens is 302 g/mol. The quantitative estimate of drug-likeness (QED) is 0.795. The second kappa shape index (κ2) is 7.43. The topological polar surface area (TPSA) is 64.0 Å². The molecule has 0 bridgehead atoms. The van der Waals surface area contributed by atoms with Gasteiger partial charge in [-0.15, -0.1) is 0 Å². The highest BCUT2D eigenvalue weighted by Gasteiger charge is 2.26. The van der Waals surface area contributed by atoms with Gasteiger partial charge in [-0.05, 0) is 44.2 Å². The zero-order chi connectivity index (χ0) is 16.9. The third-order valence-electron chi connectivity index (χ3n) is 4.37. The minimum atomic E-state index is -0.590. The summed E-state index contributed by atoms with van der Waals surface area (Å²) in [6.45, 7) is 2.31. The summed E-state index contributed by atoms with van der Waals surface area (Å²) in [6, 6.07) is 12.9. The van der Waals surface area contributed by atoms with Crippen molar-refractivity contribution in [2.45, 2.75) is 44.6 Å². The van der Waals surface area contributed by atoms with E-state index in [-0.39, 0.29) is 11.5 Å². The number of benzene rings is 1. The van der Waals surface area contributed by atoms with Crippen molar-refractivity contribution in [2.24, 2.45) is 0 Å². The Kier molecular flexibility index (Phi) is 5.08. The van der Waals surface area contributed by atoms with E-state index >= 15 is 0 Å². The van der Waals surface area contributed by atoms with Gasteiger partial charge in [0.05, 0.1) is 5.69 Å². The molecule has 2 aromatic rings. The lowest BCUT2D eigenvalue weighted by Gasteiger charge is -2.15. The van der Waals surface area contributed by atoms with Crippen molar-refractivity contribution >= 4 is 5.91 Å². The maximum Gasteiger partial charge on any atom is 0.267 e. The van der Waals surface area contributed by atoms with Crippen LogP contribution in [0.3, 0.4) is 0 Å². The van der Waals surface area contributed by atoms with E-state index in [1.54, 1.807) is 13.0 Å². The molecule has 1 fully saturated rings. The summed E-state index contributed by atoms with van der Waals surface area (Å²) in [5, 5.41) is 7.28. The number of aromatic nitrogens is 2. The number of carbonyl (C=O) groups is 1. The van der Waals surface area contributed by atoms with Crippen molar-refractivity contribution in [3.8, 4) is 0 Å². The number of carbonyl (C=O) groups excluding carboxylic acids is 1. The molecule has 1 aromatic heterocycles. The summed E-state index contributed by atoms with van der Waals surface area (Å²) >= 11 is 0. The Morgan fingerprint density at radius 3 is 2.71 bits per heavy atom. The Bertz CT molecular complexity index is 751. The first-order chi connectivity index (χ1) is 11.6. The first-order valence-electron chi connectivity index (χ1n) is 8.56. The maximum absolute atomic E-state index is 12.3. The van der Waals surface area contributed by atoms with Gasteiger partial charge in [-0.2, -0.15) is 5.10 Å². The third kappa shape index (κ3) is 4.10.